The fourth-order valence-electron chi connectivity index (χ4n) is 5.76. The summed E-state index contributed by atoms with van der Waals surface area (Å²) in [5, 5.41) is 2.11. The highest BCUT2D eigenvalue weighted by atomic mass is 31.1. The smallest absolute Gasteiger partial charge is 0.00820 e. The van der Waals surface area contributed by atoms with Crippen LogP contribution in [0.2, 0.25) is 0 Å². The average Bonchev–Trinajstić information content (AvgIpc) is 2.74. The lowest BCUT2D eigenvalue weighted by Gasteiger charge is -2.57. The van der Waals surface area contributed by atoms with Gasteiger partial charge in [0.15, 0.2) is 0 Å². The molecule has 0 aromatic rings. The molecule has 3 rings (SSSR count). The van der Waals surface area contributed by atoms with Gasteiger partial charge < -0.3 is 0 Å². The first kappa shape index (κ1) is 12.5. The van der Waals surface area contributed by atoms with Crippen LogP contribution in [0, 0.1) is 5.92 Å². The number of fused-ring (bicyclic) bond motifs is 2. The van der Waals surface area contributed by atoms with Gasteiger partial charge in [-0.2, -0.15) is 0 Å². The van der Waals surface area contributed by atoms with E-state index in [0.29, 0.717) is 10.3 Å². The Hall–Kier alpha value is 0.430. The summed E-state index contributed by atoms with van der Waals surface area (Å²) in [6, 6.07) is 0. The van der Waals surface area contributed by atoms with Gasteiger partial charge in [-0.15, -0.1) is 0 Å². The second-order valence-corrected chi connectivity index (χ2v) is 12.2. The molecule has 0 nitrogen and oxygen atoms in total. The van der Waals surface area contributed by atoms with Crippen LogP contribution < -0.4 is 0 Å². The lowest BCUT2D eigenvalue weighted by atomic mass is 9.97. The van der Waals surface area contributed by atoms with Gasteiger partial charge in [-0.25, -0.2) is 0 Å². The van der Waals surface area contributed by atoms with Gasteiger partial charge in [-0.1, -0.05) is 42.0 Å². The zero-order valence-corrected chi connectivity index (χ0v) is 13.1. The van der Waals surface area contributed by atoms with Gasteiger partial charge in [-0.3, -0.25) is 0 Å². The van der Waals surface area contributed by atoms with E-state index in [4.69, 9.17) is 0 Å². The third kappa shape index (κ3) is 1.81. The van der Waals surface area contributed by atoms with Gasteiger partial charge in [0.05, 0.1) is 0 Å². The molecule has 2 aliphatic carbocycles. The highest BCUT2D eigenvalue weighted by Gasteiger charge is 2.58. The largest absolute Gasteiger partial charge is 0.0887 e. The van der Waals surface area contributed by atoms with Crippen molar-refractivity contribution >= 4 is 7.92 Å². The van der Waals surface area contributed by atoms with Crippen LogP contribution in [0.5, 0.6) is 0 Å². The van der Waals surface area contributed by atoms with Crippen LogP contribution in [0.25, 0.3) is 0 Å². The van der Waals surface area contributed by atoms with Crippen LogP contribution in [0.4, 0.5) is 0 Å². The van der Waals surface area contributed by atoms with E-state index in [9.17, 15) is 0 Å². The second kappa shape index (κ2) is 3.72. The fourth-order valence-corrected chi connectivity index (χ4v) is 11.9. The molecule has 2 bridgehead atoms. The van der Waals surface area contributed by atoms with Crippen LogP contribution in [0.1, 0.15) is 79.1 Å². The number of hydrogen-bond acceptors (Lipinski definition) is 0. The van der Waals surface area contributed by atoms with E-state index >= 15 is 0 Å². The van der Waals surface area contributed by atoms with Crippen molar-refractivity contribution in [1.29, 1.82) is 0 Å². The topological polar surface area (TPSA) is 0 Å². The third-order valence-corrected chi connectivity index (χ3v) is 10.4. The normalized spacial score (nSPS) is 44.1. The molecular formula is C16H29P. The van der Waals surface area contributed by atoms with Gasteiger partial charge >= 0.3 is 0 Å². The van der Waals surface area contributed by atoms with Crippen molar-refractivity contribution in [3.63, 3.8) is 0 Å². The monoisotopic (exact) mass is 252 g/mol. The number of hydrogen-bond donors (Lipinski definition) is 0. The Kier molecular flexibility index (Phi) is 2.73. The molecule has 1 aliphatic heterocycles. The Bertz CT molecular complexity index is 291. The molecular weight excluding hydrogens is 223 g/mol. The molecule has 0 aromatic heterocycles. The van der Waals surface area contributed by atoms with Gasteiger partial charge in [0, 0.05) is 0 Å². The van der Waals surface area contributed by atoms with Crippen molar-refractivity contribution in [2.24, 2.45) is 5.92 Å². The highest BCUT2D eigenvalue weighted by Crippen LogP contribution is 2.79. The Balaban J connectivity index is 1.97. The minimum atomic E-state index is 0.198. The summed E-state index contributed by atoms with van der Waals surface area (Å²) in [4.78, 5) is 0. The first-order chi connectivity index (χ1) is 7.86. The van der Waals surface area contributed by atoms with Crippen LogP contribution >= 0.6 is 7.92 Å². The van der Waals surface area contributed by atoms with E-state index in [1.165, 1.54) is 19.3 Å². The van der Waals surface area contributed by atoms with Crippen LogP contribution in [0.15, 0.2) is 0 Å². The van der Waals surface area contributed by atoms with E-state index in [-0.39, 0.29) is 7.92 Å². The van der Waals surface area contributed by atoms with Crippen molar-refractivity contribution < 1.29 is 0 Å². The van der Waals surface area contributed by atoms with Crippen LogP contribution in [-0.2, 0) is 0 Å². The van der Waals surface area contributed by atoms with E-state index in [1.807, 2.05) is 0 Å². The molecule has 98 valence electrons. The molecule has 0 radical (unpaired) electrons. The predicted molar refractivity (Wildman–Crippen MR) is 78.2 cm³/mol. The molecule has 0 spiro atoms. The number of rotatable bonds is 1. The first-order valence-corrected chi connectivity index (χ1v) is 9.00. The highest BCUT2D eigenvalue weighted by molar-refractivity contribution is 7.62. The Morgan fingerprint density at radius 2 is 1.35 bits per heavy atom. The molecule has 0 aromatic carbocycles. The van der Waals surface area contributed by atoms with E-state index in [2.05, 4.69) is 27.7 Å². The molecule has 1 saturated heterocycles. The van der Waals surface area contributed by atoms with Crippen molar-refractivity contribution in [2.45, 2.75) is 94.5 Å². The molecule has 3 aliphatic rings. The third-order valence-electron chi connectivity index (χ3n) is 5.97. The van der Waals surface area contributed by atoms with Crippen molar-refractivity contribution in [3.8, 4) is 0 Å². The predicted octanol–water partition coefficient (Wildman–Crippen LogP) is 5.54. The minimum Gasteiger partial charge on any atom is -0.0887 e. The molecule has 3 fully saturated rings. The summed E-state index contributed by atoms with van der Waals surface area (Å²) in [5.41, 5.74) is 0. The average molecular weight is 252 g/mol. The quantitative estimate of drug-likeness (QED) is 0.537. The summed E-state index contributed by atoms with van der Waals surface area (Å²) < 4.78 is 0. The minimum absolute atomic E-state index is 0.198. The summed E-state index contributed by atoms with van der Waals surface area (Å²) >= 11 is 0. The van der Waals surface area contributed by atoms with E-state index in [1.54, 1.807) is 32.1 Å². The molecule has 1 heteroatoms. The second-order valence-electron chi connectivity index (χ2n) is 8.19. The molecule has 0 amide bonds. The van der Waals surface area contributed by atoms with Crippen LogP contribution in [-0.4, -0.2) is 15.5 Å². The molecule has 0 unspecified atom stereocenters. The molecule has 1 heterocycles. The van der Waals surface area contributed by atoms with Gasteiger partial charge in [0.25, 0.3) is 0 Å². The maximum absolute atomic E-state index is 2.60. The Morgan fingerprint density at radius 1 is 0.824 bits per heavy atom. The van der Waals surface area contributed by atoms with Gasteiger partial charge in [0.1, 0.15) is 0 Å². The maximum atomic E-state index is 2.60. The lowest BCUT2D eigenvalue weighted by Crippen LogP contribution is -2.43. The SMILES string of the molecule is CC1(C)CCCC(C)(C)P1C12CCC(CC1)C2. The lowest BCUT2D eigenvalue weighted by molar-refractivity contribution is 0.429. The van der Waals surface area contributed by atoms with E-state index < -0.39 is 0 Å². The zero-order chi connectivity index (χ0) is 12.3. The van der Waals surface area contributed by atoms with Crippen molar-refractivity contribution in [1.82, 2.24) is 0 Å². The summed E-state index contributed by atoms with van der Waals surface area (Å²) in [6.45, 7) is 10.4. The molecule has 0 N–H and O–H groups in total. The Labute approximate surface area is 109 Å². The zero-order valence-electron chi connectivity index (χ0n) is 12.2. The van der Waals surface area contributed by atoms with Crippen molar-refractivity contribution in [3.05, 3.63) is 0 Å². The molecule has 17 heavy (non-hydrogen) atoms. The summed E-state index contributed by atoms with van der Waals surface area (Å²) in [5.74, 6) is 1.12. The molecule has 2 saturated carbocycles. The molecule has 0 atom stereocenters. The van der Waals surface area contributed by atoms with Gasteiger partial charge in [-0.05, 0) is 66.3 Å². The standard InChI is InChI=1S/C16H29P/c1-14(2)8-5-9-15(3,4)17(14)16-10-6-13(12-16)7-11-16/h13H,5-12H2,1-4H3. The fraction of sp³-hybridized carbons (Fsp3) is 1.00. The summed E-state index contributed by atoms with van der Waals surface area (Å²) in [6.07, 6.45) is 12.3. The van der Waals surface area contributed by atoms with Crippen molar-refractivity contribution in [2.75, 3.05) is 0 Å². The van der Waals surface area contributed by atoms with Gasteiger partial charge in [0.2, 0.25) is 0 Å². The maximum Gasteiger partial charge on any atom is -0.00820 e. The van der Waals surface area contributed by atoms with Crippen LogP contribution in [0.3, 0.4) is 0 Å². The first-order valence-electron chi connectivity index (χ1n) is 7.66. The Morgan fingerprint density at radius 3 is 1.76 bits per heavy atom. The summed E-state index contributed by atoms with van der Waals surface area (Å²) in [7, 11) is 0.198. The van der Waals surface area contributed by atoms with E-state index in [0.717, 1.165) is 11.1 Å².